The van der Waals surface area contributed by atoms with E-state index in [1.807, 2.05) is 13.8 Å². The van der Waals surface area contributed by atoms with Gasteiger partial charge >= 0.3 is 5.97 Å². The molecule has 0 radical (unpaired) electrons. The van der Waals surface area contributed by atoms with Gasteiger partial charge in [0.15, 0.2) is 0 Å². The standard InChI is InChI=1S/C16H22N2O3/c1-5-21-16(20)12-6-7-14-13(8-12)15(17)9(2)10(3)18(14)11(4)19/h6-10,15H,5,17H2,1-4H3/t9-,10+,15+/m0/s1. The number of benzene rings is 1. The van der Waals surface area contributed by atoms with Crippen LogP contribution in [0.15, 0.2) is 18.2 Å². The van der Waals surface area contributed by atoms with Gasteiger partial charge in [-0.05, 0) is 43.5 Å². The molecule has 0 saturated carbocycles. The zero-order valence-electron chi connectivity index (χ0n) is 12.9. The van der Waals surface area contributed by atoms with Crippen LogP contribution in [0.4, 0.5) is 5.69 Å². The van der Waals surface area contributed by atoms with E-state index in [0.717, 1.165) is 11.3 Å². The van der Waals surface area contributed by atoms with Gasteiger partial charge in [0.1, 0.15) is 0 Å². The summed E-state index contributed by atoms with van der Waals surface area (Å²) in [6, 6.07) is 5.03. The Morgan fingerprint density at radius 3 is 2.57 bits per heavy atom. The Labute approximate surface area is 125 Å². The molecule has 1 aromatic carbocycles. The van der Waals surface area contributed by atoms with Gasteiger partial charge in [-0.25, -0.2) is 4.79 Å². The fourth-order valence-corrected chi connectivity index (χ4v) is 2.88. The van der Waals surface area contributed by atoms with Crippen LogP contribution in [0.2, 0.25) is 0 Å². The fourth-order valence-electron chi connectivity index (χ4n) is 2.88. The quantitative estimate of drug-likeness (QED) is 0.848. The highest BCUT2D eigenvalue weighted by molar-refractivity contribution is 5.96. The Morgan fingerprint density at radius 2 is 2.00 bits per heavy atom. The van der Waals surface area contributed by atoms with Gasteiger partial charge in [0.2, 0.25) is 5.91 Å². The molecule has 1 aromatic rings. The first-order chi connectivity index (χ1) is 9.88. The number of ether oxygens (including phenoxy) is 1. The number of hydrogen-bond donors (Lipinski definition) is 1. The average molecular weight is 290 g/mol. The van der Waals surface area contributed by atoms with Gasteiger partial charge in [0.05, 0.1) is 12.2 Å². The number of fused-ring (bicyclic) bond motifs is 1. The van der Waals surface area contributed by atoms with Crippen molar-refractivity contribution < 1.29 is 14.3 Å². The first-order valence-corrected chi connectivity index (χ1v) is 7.24. The summed E-state index contributed by atoms with van der Waals surface area (Å²) in [6.45, 7) is 7.65. The number of carbonyl (C=O) groups excluding carboxylic acids is 2. The van der Waals surface area contributed by atoms with Gasteiger partial charge in [0.25, 0.3) is 0 Å². The Kier molecular flexibility index (Phi) is 4.32. The summed E-state index contributed by atoms with van der Waals surface area (Å²) >= 11 is 0. The second-order valence-electron chi connectivity index (χ2n) is 5.51. The predicted molar refractivity (Wildman–Crippen MR) is 81.1 cm³/mol. The van der Waals surface area contributed by atoms with Crippen molar-refractivity contribution in [1.29, 1.82) is 0 Å². The third-order valence-electron chi connectivity index (χ3n) is 4.23. The Hall–Kier alpha value is -1.88. The molecule has 5 nitrogen and oxygen atoms in total. The lowest BCUT2D eigenvalue weighted by molar-refractivity contribution is -0.117. The van der Waals surface area contributed by atoms with Crippen LogP contribution in [0.3, 0.4) is 0 Å². The molecule has 0 aromatic heterocycles. The van der Waals surface area contributed by atoms with E-state index in [1.54, 1.807) is 36.9 Å². The van der Waals surface area contributed by atoms with Crippen molar-refractivity contribution >= 4 is 17.6 Å². The summed E-state index contributed by atoms with van der Waals surface area (Å²) in [6.07, 6.45) is 0. The molecule has 0 unspecified atom stereocenters. The molecule has 3 atom stereocenters. The normalized spacial score (nSPS) is 24.4. The van der Waals surface area contributed by atoms with Crippen LogP contribution in [-0.2, 0) is 9.53 Å². The smallest absolute Gasteiger partial charge is 0.338 e. The predicted octanol–water partition coefficient (Wildman–Crippen LogP) is 2.25. The maximum absolute atomic E-state index is 11.9. The van der Waals surface area contributed by atoms with Crippen molar-refractivity contribution in [2.24, 2.45) is 11.7 Å². The fraction of sp³-hybridized carbons (Fsp3) is 0.500. The lowest BCUT2D eigenvalue weighted by Crippen LogP contribution is -2.48. The minimum atomic E-state index is -0.367. The van der Waals surface area contributed by atoms with Gasteiger partial charge in [-0.1, -0.05) is 6.92 Å². The van der Waals surface area contributed by atoms with Crippen molar-refractivity contribution in [2.45, 2.75) is 39.8 Å². The van der Waals surface area contributed by atoms with Gasteiger partial charge < -0.3 is 15.4 Å². The third-order valence-corrected chi connectivity index (χ3v) is 4.23. The summed E-state index contributed by atoms with van der Waals surface area (Å²) in [5.74, 6) is -0.279. The van der Waals surface area contributed by atoms with Crippen molar-refractivity contribution in [3.63, 3.8) is 0 Å². The number of anilines is 1. The molecule has 0 spiro atoms. The molecular formula is C16H22N2O3. The lowest BCUT2D eigenvalue weighted by atomic mass is 9.83. The summed E-state index contributed by atoms with van der Waals surface area (Å²) in [5, 5.41) is 0. The average Bonchev–Trinajstić information content (AvgIpc) is 2.44. The molecule has 2 rings (SSSR count). The largest absolute Gasteiger partial charge is 0.462 e. The van der Waals surface area contributed by atoms with E-state index in [4.69, 9.17) is 10.5 Å². The van der Waals surface area contributed by atoms with Gasteiger partial charge in [0, 0.05) is 24.7 Å². The summed E-state index contributed by atoms with van der Waals surface area (Å²) in [7, 11) is 0. The van der Waals surface area contributed by atoms with Gasteiger partial charge in [-0.15, -0.1) is 0 Å². The van der Waals surface area contributed by atoms with Crippen LogP contribution in [-0.4, -0.2) is 24.5 Å². The zero-order chi connectivity index (χ0) is 15.7. The number of rotatable bonds is 2. The topological polar surface area (TPSA) is 72.6 Å². The summed E-state index contributed by atoms with van der Waals surface area (Å²) in [4.78, 5) is 25.5. The summed E-state index contributed by atoms with van der Waals surface area (Å²) in [5.41, 5.74) is 8.37. The minimum absolute atomic E-state index is 0.0219. The van der Waals surface area contributed by atoms with Crippen molar-refractivity contribution in [3.8, 4) is 0 Å². The first kappa shape index (κ1) is 15.5. The van der Waals surface area contributed by atoms with Crippen LogP contribution in [0.5, 0.6) is 0 Å². The molecule has 1 aliphatic heterocycles. The number of nitrogens with two attached hydrogens (primary N) is 1. The second kappa shape index (κ2) is 5.85. The number of amides is 1. The molecule has 0 fully saturated rings. The van der Waals surface area contributed by atoms with Crippen LogP contribution in [0.1, 0.15) is 49.7 Å². The van der Waals surface area contributed by atoms with Crippen LogP contribution in [0, 0.1) is 5.92 Å². The van der Waals surface area contributed by atoms with Crippen LogP contribution < -0.4 is 10.6 Å². The molecule has 21 heavy (non-hydrogen) atoms. The van der Waals surface area contributed by atoms with Crippen LogP contribution in [0.25, 0.3) is 0 Å². The minimum Gasteiger partial charge on any atom is -0.462 e. The molecule has 1 heterocycles. The number of carbonyl (C=O) groups is 2. The van der Waals surface area contributed by atoms with E-state index in [9.17, 15) is 9.59 Å². The van der Waals surface area contributed by atoms with Gasteiger partial charge in [-0.3, -0.25) is 4.79 Å². The third kappa shape index (κ3) is 2.65. The van der Waals surface area contributed by atoms with E-state index < -0.39 is 0 Å². The highest BCUT2D eigenvalue weighted by Gasteiger charge is 2.36. The molecule has 114 valence electrons. The van der Waals surface area contributed by atoms with E-state index in [-0.39, 0.29) is 29.9 Å². The second-order valence-corrected chi connectivity index (χ2v) is 5.51. The van der Waals surface area contributed by atoms with E-state index in [1.165, 1.54) is 0 Å². The number of hydrogen-bond acceptors (Lipinski definition) is 4. The Balaban J connectivity index is 2.50. The van der Waals surface area contributed by atoms with Crippen molar-refractivity contribution in [1.82, 2.24) is 0 Å². The Bertz CT molecular complexity index is 571. The SMILES string of the molecule is CCOC(=O)c1ccc2c(c1)[C@H](N)[C@@H](C)[C@@H](C)N2C(C)=O. The molecule has 1 aliphatic rings. The van der Waals surface area contributed by atoms with E-state index in [2.05, 4.69) is 0 Å². The summed E-state index contributed by atoms with van der Waals surface area (Å²) < 4.78 is 5.02. The van der Waals surface area contributed by atoms with Crippen LogP contribution >= 0.6 is 0 Å². The molecule has 2 N–H and O–H groups in total. The van der Waals surface area contributed by atoms with Crippen molar-refractivity contribution in [3.05, 3.63) is 29.3 Å². The maximum atomic E-state index is 11.9. The van der Waals surface area contributed by atoms with E-state index in [0.29, 0.717) is 12.2 Å². The highest BCUT2D eigenvalue weighted by atomic mass is 16.5. The lowest BCUT2D eigenvalue weighted by Gasteiger charge is -2.42. The highest BCUT2D eigenvalue weighted by Crippen LogP contribution is 2.39. The van der Waals surface area contributed by atoms with Crippen molar-refractivity contribution in [2.75, 3.05) is 11.5 Å². The maximum Gasteiger partial charge on any atom is 0.338 e. The number of esters is 1. The monoisotopic (exact) mass is 290 g/mol. The zero-order valence-corrected chi connectivity index (χ0v) is 12.9. The molecule has 5 heteroatoms. The molecule has 0 bridgehead atoms. The van der Waals surface area contributed by atoms with Gasteiger partial charge in [-0.2, -0.15) is 0 Å². The van der Waals surface area contributed by atoms with E-state index >= 15 is 0 Å². The molecule has 1 amide bonds. The Morgan fingerprint density at radius 1 is 1.33 bits per heavy atom. The number of nitrogens with zero attached hydrogens (tertiary/aromatic N) is 1. The molecule has 0 aliphatic carbocycles. The molecule has 0 saturated heterocycles. The molecular weight excluding hydrogens is 268 g/mol. The first-order valence-electron chi connectivity index (χ1n) is 7.24.